The summed E-state index contributed by atoms with van der Waals surface area (Å²) in [5.74, 6) is 5.02. The number of allylic oxidation sites excluding steroid dienone is 1. The van der Waals surface area contributed by atoms with Gasteiger partial charge in [-0.25, -0.2) is 0 Å². The molecule has 1 nitrogen and oxygen atoms in total. The van der Waals surface area contributed by atoms with Crippen LogP contribution in [-0.2, 0) is 15.7 Å². The minimum Gasteiger partial charge on any atom is -0.295 e. The molecule has 0 aromatic carbocycles. The summed E-state index contributed by atoms with van der Waals surface area (Å²) < 4.78 is 0. The summed E-state index contributed by atoms with van der Waals surface area (Å²) in [7, 11) is 0.625. The van der Waals surface area contributed by atoms with Crippen LogP contribution in [0.2, 0.25) is 0 Å². The van der Waals surface area contributed by atoms with Crippen LogP contribution in [0.15, 0.2) is 11.6 Å². The largest absolute Gasteiger partial charge is 0.295 e. The predicted octanol–water partition coefficient (Wildman–Crippen LogP) is 2.32. The third-order valence-corrected chi connectivity index (χ3v) is 5.54. The summed E-state index contributed by atoms with van der Waals surface area (Å²) in [6.07, 6.45) is 6.72. The number of hydrogen-bond donors (Lipinski definition) is 0. The Balaban J connectivity index is 1.92. The Labute approximate surface area is 89.3 Å². The Kier molecular flexibility index (Phi) is 3.32. The molecule has 0 radical (unpaired) electrons. The van der Waals surface area contributed by atoms with Crippen LogP contribution < -0.4 is 0 Å². The second-order valence-corrected chi connectivity index (χ2v) is 6.98. The highest BCUT2D eigenvalue weighted by atomic mass is 32.2. The summed E-state index contributed by atoms with van der Waals surface area (Å²) in [6.45, 7) is 2.20. The van der Waals surface area contributed by atoms with Gasteiger partial charge in [0.05, 0.1) is 0 Å². The van der Waals surface area contributed by atoms with Gasteiger partial charge in [0, 0.05) is 6.42 Å². The van der Waals surface area contributed by atoms with Gasteiger partial charge in [-0.3, -0.25) is 4.79 Å². The summed E-state index contributed by atoms with van der Waals surface area (Å²) in [5, 5.41) is 0. The van der Waals surface area contributed by atoms with Crippen LogP contribution in [0.4, 0.5) is 0 Å². The number of carbonyl (C=O) groups excluding carboxylic acids is 1. The first-order valence-electron chi connectivity index (χ1n) is 5.60. The molecule has 0 aromatic heterocycles. The zero-order valence-corrected chi connectivity index (χ0v) is 9.74. The van der Waals surface area contributed by atoms with Crippen LogP contribution in [0.5, 0.6) is 0 Å². The van der Waals surface area contributed by atoms with E-state index in [0.717, 1.165) is 6.42 Å². The first-order valence-corrected chi connectivity index (χ1v) is 7.33. The number of hydrogen-bond acceptors (Lipinski definition) is 1. The molecule has 0 bridgehead atoms. The highest BCUT2D eigenvalue weighted by molar-refractivity contribution is 7.97. The van der Waals surface area contributed by atoms with Crippen molar-refractivity contribution in [2.75, 3.05) is 17.3 Å². The van der Waals surface area contributed by atoms with Gasteiger partial charge in [-0.05, 0) is 47.7 Å². The first kappa shape index (κ1) is 10.3. The van der Waals surface area contributed by atoms with Crippen LogP contribution in [0.3, 0.4) is 0 Å². The van der Waals surface area contributed by atoms with Gasteiger partial charge in [0.2, 0.25) is 0 Å². The molecule has 0 saturated carbocycles. The molecule has 1 heterocycles. The Morgan fingerprint density at radius 2 is 2.07 bits per heavy atom. The maximum absolute atomic E-state index is 11.4. The van der Waals surface area contributed by atoms with Crippen LogP contribution in [0, 0.1) is 5.92 Å². The molecule has 2 rings (SSSR count). The molecule has 0 N–H and O–H groups in total. The Bertz CT molecular complexity index is 251. The molecular formula is C12H19OS+. The van der Waals surface area contributed by atoms with E-state index in [0.29, 0.717) is 22.6 Å². The fraction of sp³-hybridized carbons (Fsp3) is 0.750. The molecule has 1 unspecified atom stereocenters. The van der Waals surface area contributed by atoms with Gasteiger partial charge < -0.3 is 0 Å². The molecule has 1 fully saturated rings. The van der Waals surface area contributed by atoms with Gasteiger partial charge in [-0.2, -0.15) is 0 Å². The Hall–Kier alpha value is -0.240. The average Bonchev–Trinajstić information content (AvgIpc) is 2.54. The molecule has 0 amide bonds. The predicted molar refractivity (Wildman–Crippen MR) is 62.7 cm³/mol. The summed E-state index contributed by atoms with van der Waals surface area (Å²) in [6, 6.07) is 0. The van der Waals surface area contributed by atoms with E-state index in [1.54, 1.807) is 0 Å². The van der Waals surface area contributed by atoms with Crippen molar-refractivity contribution >= 4 is 16.7 Å². The number of ketones is 1. The van der Waals surface area contributed by atoms with E-state index in [1.807, 2.05) is 6.08 Å². The highest BCUT2D eigenvalue weighted by Gasteiger charge is 2.27. The smallest absolute Gasteiger partial charge is 0.156 e. The van der Waals surface area contributed by atoms with Gasteiger partial charge in [0.15, 0.2) is 5.78 Å². The van der Waals surface area contributed by atoms with Crippen molar-refractivity contribution in [3.05, 3.63) is 11.6 Å². The maximum Gasteiger partial charge on any atom is 0.156 e. The van der Waals surface area contributed by atoms with Gasteiger partial charge in [-0.1, -0.05) is 6.92 Å². The van der Waals surface area contributed by atoms with Crippen molar-refractivity contribution in [3.8, 4) is 0 Å². The summed E-state index contributed by atoms with van der Waals surface area (Å²) >= 11 is 0. The fourth-order valence-electron chi connectivity index (χ4n) is 2.43. The van der Waals surface area contributed by atoms with E-state index < -0.39 is 0 Å². The quantitative estimate of drug-likeness (QED) is 0.641. The third-order valence-electron chi connectivity index (χ3n) is 3.03. The lowest BCUT2D eigenvalue weighted by Crippen LogP contribution is -2.18. The van der Waals surface area contributed by atoms with Crippen molar-refractivity contribution < 1.29 is 4.79 Å². The number of carbonyl (C=O) groups is 1. The Morgan fingerprint density at radius 1 is 1.36 bits per heavy atom. The molecule has 1 aliphatic heterocycles. The molecule has 1 aliphatic carbocycles. The lowest BCUT2D eigenvalue weighted by molar-refractivity contribution is -0.115. The lowest BCUT2D eigenvalue weighted by atomic mass is 9.90. The van der Waals surface area contributed by atoms with Gasteiger partial charge in [0.1, 0.15) is 17.3 Å². The van der Waals surface area contributed by atoms with Crippen LogP contribution in [0.1, 0.15) is 32.6 Å². The minimum atomic E-state index is 0.363. The molecule has 14 heavy (non-hydrogen) atoms. The second-order valence-electron chi connectivity index (χ2n) is 4.65. The zero-order chi connectivity index (χ0) is 9.97. The van der Waals surface area contributed by atoms with Crippen LogP contribution >= 0.6 is 0 Å². The van der Waals surface area contributed by atoms with Gasteiger partial charge in [0.25, 0.3) is 0 Å². The van der Waals surface area contributed by atoms with E-state index in [9.17, 15) is 4.79 Å². The molecule has 78 valence electrons. The van der Waals surface area contributed by atoms with Crippen molar-refractivity contribution in [1.82, 2.24) is 0 Å². The molecule has 2 heteroatoms. The SMILES string of the molecule is CC1CC(=O)C=C(C[S+]2CCCC2)C1. The molecule has 2 aliphatic rings. The maximum atomic E-state index is 11.4. The van der Waals surface area contributed by atoms with Gasteiger partial charge in [-0.15, -0.1) is 0 Å². The fourth-order valence-corrected chi connectivity index (χ4v) is 4.87. The van der Waals surface area contributed by atoms with Crippen molar-refractivity contribution in [2.45, 2.75) is 32.6 Å². The standard InChI is InChI=1S/C12H19OS/c1-10-6-11(8-12(13)7-10)9-14-4-2-3-5-14/h8,10H,2-7,9H2,1H3/q+1. The monoisotopic (exact) mass is 211 g/mol. The normalized spacial score (nSPS) is 29.4. The van der Waals surface area contributed by atoms with Gasteiger partial charge >= 0.3 is 0 Å². The number of rotatable bonds is 2. The molecular weight excluding hydrogens is 192 g/mol. The third kappa shape index (κ3) is 2.63. The van der Waals surface area contributed by atoms with Crippen molar-refractivity contribution in [2.24, 2.45) is 5.92 Å². The first-order chi connectivity index (χ1) is 6.74. The van der Waals surface area contributed by atoms with E-state index in [1.165, 1.54) is 42.1 Å². The second kappa shape index (κ2) is 4.52. The van der Waals surface area contributed by atoms with E-state index >= 15 is 0 Å². The van der Waals surface area contributed by atoms with E-state index in [4.69, 9.17) is 0 Å². The summed E-state index contributed by atoms with van der Waals surface area (Å²) in [5.41, 5.74) is 1.44. The molecule has 0 aromatic rings. The molecule has 0 spiro atoms. The zero-order valence-electron chi connectivity index (χ0n) is 8.92. The van der Waals surface area contributed by atoms with Crippen molar-refractivity contribution in [3.63, 3.8) is 0 Å². The molecule has 1 saturated heterocycles. The van der Waals surface area contributed by atoms with Crippen LogP contribution in [-0.4, -0.2) is 23.0 Å². The summed E-state index contributed by atoms with van der Waals surface area (Å²) in [4.78, 5) is 11.4. The average molecular weight is 211 g/mol. The van der Waals surface area contributed by atoms with E-state index in [2.05, 4.69) is 6.92 Å². The Morgan fingerprint density at radius 3 is 2.71 bits per heavy atom. The highest BCUT2D eigenvalue weighted by Crippen LogP contribution is 2.25. The lowest BCUT2D eigenvalue weighted by Gasteiger charge is -2.17. The van der Waals surface area contributed by atoms with Crippen LogP contribution in [0.25, 0.3) is 0 Å². The minimum absolute atomic E-state index is 0.363. The van der Waals surface area contributed by atoms with E-state index in [-0.39, 0.29) is 0 Å². The topological polar surface area (TPSA) is 17.1 Å². The van der Waals surface area contributed by atoms with Crippen molar-refractivity contribution in [1.29, 1.82) is 0 Å². The molecule has 1 atom stereocenters.